The van der Waals surface area contributed by atoms with E-state index in [1.807, 2.05) is 0 Å². The Kier molecular flexibility index (Phi) is 4.88. The van der Waals surface area contributed by atoms with Crippen LogP contribution in [0, 0.1) is 10.1 Å². The number of halogens is 1. The molecule has 2 rings (SSSR count). The largest absolute Gasteiger partial charge is 0.490 e. The number of hydrogen-bond acceptors (Lipinski definition) is 6. The van der Waals surface area contributed by atoms with Gasteiger partial charge in [-0.25, -0.2) is 9.78 Å². The van der Waals surface area contributed by atoms with Crippen molar-refractivity contribution in [1.29, 1.82) is 0 Å². The highest BCUT2D eigenvalue weighted by molar-refractivity contribution is 9.11. The van der Waals surface area contributed by atoms with E-state index in [1.54, 1.807) is 18.2 Å². The van der Waals surface area contributed by atoms with E-state index in [4.69, 9.17) is 9.84 Å². The number of nitrogens with zero attached hydrogens (tertiary/aromatic N) is 2. The molecule has 0 spiro atoms. The van der Waals surface area contributed by atoms with Crippen LogP contribution in [0.3, 0.4) is 0 Å². The molecule has 9 heteroatoms. The zero-order valence-corrected chi connectivity index (χ0v) is 13.6. The fourth-order valence-electron chi connectivity index (χ4n) is 1.64. The van der Waals surface area contributed by atoms with Gasteiger partial charge in [0.2, 0.25) is 0 Å². The Labute approximate surface area is 137 Å². The second kappa shape index (κ2) is 6.67. The number of thiazole rings is 1. The van der Waals surface area contributed by atoms with Crippen molar-refractivity contribution in [3.63, 3.8) is 0 Å². The Bertz CT molecular complexity index is 772. The molecule has 22 heavy (non-hydrogen) atoms. The number of nitro groups is 1. The molecule has 0 aliphatic rings. The van der Waals surface area contributed by atoms with E-state index in [0.717, 1.165) is 11.3 Å². The molecule has 0 aliphatic carbocycles. The smallest absolute Gasteiger partial charge is 0.356 e. The number of benzene rings is 1. The molecule has 1 aromatic heterocycles. The summed E-state index contributed by atoms with van der Waals surface area (Å²) in [4.78, 5) is 25.3. The van der Waals surface area contributed by atoms with E-state index >= 15 is 0 Å². The van der Waals surface area contributed by atoms with Crippen LogP contribution in [-0.2, 0) is 0 Å². The summed E-state index contributed by atoms with van der Waals surface area (Å²) in [5.41, 5.74) is 0.372. The van der Waals surface area contributed by atoms with E-state index < -0.39 is 10.9 Å². The predicted octanol–water partition coefficient (Wildman–Crippen LogP) is 3.69. The Morgan fingerprint density at radius 1 is 1.50 bits per heavy atom. The lowest BCUT2D eigenvalue weighted by atomic mass is 10.1. The molecule has 0 saturated heterocycles. The number of methoxy groups -OCH3 is 1. The van der Waals surface area contributed by atoms with Crippen LogP contribution in [0.15, 0.2) is 22.0 Å². The van der Waals surface area contributed by atoms with Crippen molar-refractivity contribution >= 4 is 51.1 Å². The summed E-state index contributed by atoms with van der Waals surface area (Å²) >= 11 is 4.29. The van der Waals surface area contributed by atoms with Crippen molar-refractivity contribution in [3.8, 4) is 5.75 Å². The fourth-order valence-corrected chi connectivity index (χ4v) is 3.08. The van der Waals surface area contributed by atoms with Gasteiger partial charge in [-0.2, -0.15) is 0 Å². The third-order valence-corrected chi connectivity index (χ3v) is 4.29. The van der Waals surface area contributed by atoms with Crippen LogP contribution in [0.2, 0.25) is 0 Å². The Balaban J connectivity index is 2.30. The van der Waals surface area contributed by atoms with Gasteiger partial charge in [-0.3, -0.25) is 10.1 Å². The summed E-state index contributed by atoms with van der Waals surface area (Å²) in [7, 11) is 1.36. The minimum atomic E-state index is -1.12. The number of nitro benzene ring substituents is 1. The first kappa shape index (κ1) is 16.1. The van der Waals surface area contributed by atoms with Crippen LogP contribution in [0.25, 0.3) is 12.2 Å². The molecule has 0 saturated carbocycles. The lowest BCUT2D eigenvalue weighted by Gasteiger charge is -2.01. The normalized spacial score (nSPS) is 10.8. The predicted molar refractivity (Wildman–Crippen MR) is 85.3 cm³/mol. The second-order valence-corrected chi connectivity index (χ2v) is 6.35. The van der Waals surface area contributed by atoms with E-state index in [-0.39, 0.29) is 17.1 Å². The molecular weight excluding hydrogens is 376 g/mol. The van der Waals surface area contributed by atoms with Crippen molar-refractivity contribution in [2.75, 3.05) is 7.11 Å². The highest BCUT2D eigenvalue weighted by Gasteiger charge is 2.15. The molecule has 0 unspecified atom stereocenters. The third-order valence-electron chi connectivity index (χ3n) is 2.62. The first-order valence-electron chi connectivity index (χ1n) is 5.82. The second-order valence-electron chi connectivity index (χ2n) is 4.00. The maximum absolute atomic E-state index is 10.9. The van der Waals surface area contributed by atoms with Crippen molar-refractivity contribution in [2.45, 2.75) is 0 Å². The fraction of sp³-hybridized carbons (Fsp3) is 0.0769. The van der Waals surface area contributed by atoms with Crippen LogP contribution in [-0.4, -0.2) is 28.1 Å². The van der Waals surface area contributed by atoms with Crippen molar-refractivity contribution in [3.05, 3.63) is 48.4 Å². The Morgan fingerprint density at radius 3 is 2.77 bits per heavy atom. The summed E-state index contributed by atoms with van der Waals surface area (Å²) in [5.74, 6) is -0.949. The lowest BCUT2D eigenvalue weighted by molar-refractivity contribution is -0.385. The lowest BCUT2D eigenvalue weighted by Crippen LogP contribution is -1.96. The van der Waals surface area contributed by atoms with E-state index in [1.165, 1.54) is 19.2 Å². The van der Waals surface area contributed by atoms with Gasteiger partial charge >= 0.3 is 11.7 Å². The van der Waals surface area contributed by atoms with Crippen LogP contribution in [0.1, 0.15) is 21.1 Å². The molecule has 2 aromatic rings. The molecule has 1 N–H and O–H groups in total. The molecule has 0 aliphatic heterocycles. The molecule has 1 heterocycles. The van der Waals surface area contributed by atoms with E-state index in [0.29, 0.717) is 14.4 Å². The zero-order valence-electron chi connectivity index (χ0n) is 11.1. The highest BCUT2D eigenvalue weighted by atomic mass is 79.9. The molecule has 7 nitrogen and oxygen atoms in total. The zero-order chi connectivity index (χ0) is 16.3. The van der Waals surface area contributed by atoms with Gasteiger partial charge in [0, 0.05) is 6.07 Å². The van der Waals surface area contributed by atoms with Crippen LogP contribution >= 0.6 is 27.3 Å². The van der Waals surface area contributed by atoms with Crippen LogP contribution in [0.4, 0.5) is 5.69 Å². The van der Waals surface area contributed by atoms with Gasteiger partial charge in [0.25, 0.3) is 0 Å². The van der Waals surface area contributed by atoms with Gasteiger partial charge < -0.3 is 9.84 Å². The standard InChI is InChI=1S/C13H9BrN2O5S/c1-21-9-4-2-7(6-8(9)16(19)20)3-5-10-15-11(13(17)18)12(14)22-10/h2-6H,1H3,(H,17,18). The minimum absolute atomic E-state index is 0.0645. The van der Waals surface area contributed by atoms with Gasteiger partial charge in [-0.05, 0) is 33.6 Å². The number of aromatic nitrogens is 1. The average Bonchev–Trinajstić information content (AvgIpc) is 2.86. The van der Waals surface area contributed by atoms with Gasteiger partial charge in [-0.1, -0.05) is 12.1 Å². The SMILES string of the molecule is COc1ccc(C=Cc2nc(C(=O)O)c(Br)s2)cc1[N+](=O)[O-]. The summed E-state index contributed by atoms with van der Waals surface area (Å²) in [5, 5.41) is 20.3. The topological polar surface area (TPSA) is 103 Å². The van der Waals surface area contributed by atoms with Gasteiger partial charge in [-0.15, -0.1) is 11.3 Å². The van der Waals surface area contributed by atoms with Crippen LogP contribution in [0.5, 0.6) is 5.75 Å². The number of rotatable bonds is 5. The highest BCUT2D eigenvalue weighted by Crippen LogP contribution is 2.29. The van der Waals surface area contributed by atoms with Crippen LogP contribution < -0.4 is 4.74 Å². The number of hydrogen-bond donors (Lipinski definition) is 1. The number of aromatic carboxylic acids is 1. The van der Waals surface area contributed by atoms with E-state index in [2.05, 4.69) is 20.9 Å². The molecule has 0 bridgehead atoms. The van der Waals surface area contributed by atoms with Crippen molar-refractivity contribution in [2.24, 2.45) is 0 Å². The molecule has 0 atom stereocenters. The van der Waals surface area contributed by atoms with E-state index in [9.17, 15) is 14.9 Å². The van der Waals surface area contributed by atoms with Crippen molar-refractivity contribution in [1.82, 2.24) is 4.98 Å². The maximum Gasteiger partial charge on any atom is 0.356 e. The Morgan fingerprint density at radius 2 is 2.23 bits per heavy atom. The first-order valence-corrected chi connectivity index (χ1v) is 7.43. The third kappa shape index (κ3) is 3.49. The first-order chi connectivity index (χ1) is 10.4. The molecular formula is C13H9BrN2O5S. The summed E-state index contributed by atoms with van der Waals surface area (Å²) < 4.78 is 5.34. The minimum Gasteiger partial charge on any atom is -0.490 e. The summed E-state index contributed by atoms with van der Waals surface area (Å²) in [6.45, 7) is 0. The van der Waals surface area contributed by atoms with Crippen molar-refractivity contribution < 1.29 is 19.6 Å². The van der Waals surface area contributed by atoms with Gasteiger partial charge in [0.05, 0.1) is 12.0 Å². The number of ether oxygens (including phenoxy) is 1. The number of carboxylic acids is 1. The maximum atomic E-state index is 10.9. The molecule has 114 valence electrons. The monoisotopic (exact) mass is 384 g/mol. The average molecular weight is 385 g/mol. The quantitative estimate of drug-likeness (QED) is 0.622. The molecule has 0 amide bonds. The summed E-state index contributed by atoms with van der Waals surface area (Å²) in [6, 6.07) is 4.53. The molecule has 0 radical (unpaired) electrons. The Hall–Kier alpha value is -2.26. The van der Waals surface area contributed by atoms with Gasteiger partial charge in [0.15, 0.2) is 11.4 Å². The summed E-state index contributed by atoms with van der Waals surface area (Å²) in [6.07, 6.45) is 3.21. The number of carbonyl (C=O) groups is 1. The molecule has 1 aromatic carbocycles. The van der Waals surface area contributed by atoms with Gasteiger partial charge in [0.1, 0.15) is 8.79 Å². The number of carboxylic acid groups (broad SMARTS) is 1. The molecule has 0 fully saturated rings.